The monoisotopic (exact) mass is 271 g/mol. The number of rotatable bonds is 9. The van der Waals surface area contributed by atoms with Gasteiger partial charge in [-0.1, -0.05) is 11.8 Å². The number of aliphatic carboxylic acids is 1. The van der Waals surface area contributed by atoms with Gasteiger partial charge in [-0.15, -0.1) is 0 Å². The highest BCUT2D eigenvalue weighted by Crippen LogP contribution is 2.15. The minimum Gasteiger partial charge on any atom is -0.549 e. The van der Waals surface area contributed by atoms with E-state index in [0.717, 1.165) is 37.8 Å². The Morgan fingerprint density at radius 3 is 2.83 bits per heavy atom. The first-order chi connectivity index (χ1) is 8.67. The van der Waals surface area contributed by atoms with Gasteiger partial charge >= 0.3 is 0 Å². The molecule has 102 valence electrons. The van der Waals surface area contributed by atoms with Crippen LogP contribution in [0, 0.1) is 0 Å². The van der Waals surface area contributed by atoms with E-state index in [-0.39, 0.29) is 5.75 Å². The highest BCUT2D eigenvalue weighted by molar-refractivity contribution is 7.99. The second-order valence-corrected chi connectivity index (χ2v) is 5.07. The lowest BCUT2D eigenvalue weighted by atomic mass is 10.3. The predicted octanol–water partition coefficient (Wildman–Crippen LogP) is -0.960. The lowest BCUT2D eigenvalue weighted by Gasteiger charge is -2.15. The van der Waals surface area contributed by atoms with Crippen LogP contribution in [-0.2, 0) is 11.3 Å². The molecule has 0 saturated carbocycles. The molecule has 1 rings (SSSR count). The van der Waals surface area contributed by atoms with Crippen molar-refractivity contribution in [2.24, 2.45) is 0 Å². The number of carbonyl (C=O) groups is 1. The lowest BCUT2D eigenvalue weighted by molar-refractivity contribution is -0.896. The highest BCUT2D eigenvalue weighted by atomic mass is 32.2. The number of carboxylic acids is 1. The fourth-order valence-corrected chi connectivity index (χ4v) is 2.53. The molecule has 6 heteroatoms. The number of aromatic nitrogens is 2. The Kier molecular flexibility index (Phi) is 6.82. The fraction of sp³-hybridized carbons (Fsp3) is 0.667. The first-order valence-corrected chi connectivity index (χ1v) is 7.33. The van der Waals surface area contributed by atoms with Crippen LogP contribution >= 0.6 is 11.8 Å². The largest absolute Gasteiger partial charge is 0.549 e. The van der Waals surface area contributed by atoms with Crippen molar-refractivity contribution in [1.29, 1.82) is 0 Å². The number of quaternary nitrogens is 1. The summed E-state index contributed by atoms with van der Waals surface area (Å²) in [5, 5.41) is 11.2. The summed E-state index contributed by atoms with van der Waals surface area (Å²) in [7, 11) is 0. The summed E-state index contributed by atoms with van der Waals surface area (Å²) >= 11 is 1.22. The molecule has 1 heterocycles. The molecule has 1 aromatic heterocycles. The lowest BCUT2D eigenvalue weighted by Crippen LogP contribution is -3.11. The van der Waals surface area contributed by atoms with Gasteiger partial charge in [0.05, 0.1) is 25.6 Å². The Morgan fingerprint density at radius 2 is 2.22 bits per heavy atom. The minimum atomic E-state index is -1.05. The van der Waals surface area contributed by atoms with E-state index >= 15 is 0 Å². The third-order valence-electron chi connectivity index (χ3n) is 2.93. The summed E-state index contributed by atoms with van der Waals surface area (Å²) < 4.78 is 2.01. The first-order valence-electron chi connectivity index (χ1n) is 6.34. The molecule has 0 aromatic carbocycles. The first kappa shape index (κ1) is 15.0. The molecule has 0 atom stereocenters. The van der Waals surface area contributed by atoms with Crippen molar-refractivity contribution in [3.8, 4) is 0 Å². The van der Waals surface area contributed by atoms with Gasteiger partial charge in [-0.3, -0.25) is 0 Å². The third-order valence-corrected chi connectivity index (χ3v) is 3.90. The molecule has 0 saturated heterocycles. The molecule has 0 amide bonds. The number of aryl methyl sites for hydroxylation is 1. The van der Waals surface area contributed by atoms with Crippen molar-refractivity contribution in [1.82, 2.24) is 9.55 Å². The van der Waals surface area contributed by atoms with Crippen LogP contribution in [0.2, 0.25) is 0 Å². The van der Waals surface area contributed by atoms with E-state index in [1.165, 1.54) is 11.8 Å². The summed E-state index contributed by atoms with van der Waals surface area (Å²) in [5.74, 6) is -1.10. The molecule has 1 N–H and O–H groups in total. The van der Waals surface area contributed by atoms with E-state index in [0.29, 0.717) is 0 Å². The average Bonchev–Trinajstić information content (AvgIpc) is 2.79. The number of carbonyl (C=O) groups excluding carboxylic acids is 1. The van der Waals surface area contributed by atoms with Crippen LogP contribution in [0.25, 0.3) is 0 Å². The van der Waals surface area contributed by atoms with Crippen LogP contribution in [0.3, 0.4) is 0 Å². The van der Waals surface area contributed by atoms with E-state index in [4.69, 9.17) is 0 Å². The zero-order chi connectivity index (χ0) is 13.4. The van der Waals surface area contributed by atoms with Crippen LogP contribution in [-0.4, -0.2) is 40.9 Å². The van der Waals surface area contributed by atoms with Crippen molar-refractivity contribution in [2.75, 3.05) is 25.4 Å². The standard InChI is InChI=1S/C12H21N3O2S/c1-3-14(4-2)7-5-8-15-9-6-13-12(15)18-10-11(16)17/h6,9H,3-5,7-8,10H2,1-2H3,(H,16,17). The van der Waals surface area contributed by atoms with Gasteiger partial charge in [0.15, 0.2) is 5.16 Å². The quantitative estimate of drug-likeness (QED) is 0.588. The normalized spacial score (nSPS) is 11.1. The SMILES string of the molecule is CC[NH+](CC)CCCn1ccnc1SCC(=O)[O-]. The summed E-state index contributed by atoms with van der Waals surface area (Å²) in [6.07, 6.45) is 4.68. The maximum atomic E-state index is 10.4. The van der Waals surface area contributed by atoms with Gasteiger partial charge in [0, 0.05) is 31.1 Å². The van der Waals surface area contributed by atoms with Crippen LogP contribution in [0.1, 0.15) is 20.3 Å². The van der Waals surface area contributed by atoms with Crippen LogP contribution in [0.4, 0.5) is 0 Å². The van der Waals surface area contributed by atoms with Gasteiger partial charge in [-0.05, 0) is 13.8 Å². The molecule has 0 aliphatic heterocycles. The van der Waals surface area contributed by atoms with Gasteiger partial charge in [0.2, 0.25) is 0 Å². The topological polar surface area (TPSA) is 62.4 Å². The molecular weight excluding hydrogens is 250 g/mol. The molecule has 1 aromatic rings. The van der Waals surface area contributed by atoms with E-state index in [2.05, 4.69) is 18.8 Å². The smallest absolute Gasteiger partial charge is 0.168 e. The fourth-order valence-electron chi connectivity index (χ4n) is 1.83. The van der Waals surface area contributed by atoms with Gasteiger partial charge in [-0.2, -0.15) is 0 Å². The van der Waals surface area contributed by atoms with E-state index < -0.39 is 5.97 Å². The molecule has 0 bridgehead atoms. The molecule has 0 fully saturated rings. The van der Waals surface area contributed by atoms with Crippen LogP contribution < -0.4 is 10.0 Å². The predicted molar refractivity (Wildman–Crippen MR) is 69.5 cm³/mol. The number of carboxylic acid groups (broad SMARTS) is 1. The maximum absolute atomic E-state index is 10.4. The third kappa shape index (κ3) is 5.10. The second-order valence-electron chi connectivity index (χ2n) is 4.12. The Morgan fingerprint density at radius 1 is 1.50 bits per heavy atom. The van der Waals surface area contributed by atoms with Gasteiger partial charge in [0.25, 0.3) is 0 Å². The number of hydrogen-bond acceptors (Lipinski definition) is 4. The molecule has 0 aliphatic rings. The van der Waals surface area contributed by atoms with E-state index in [1.807, 2.05) is 10.8 Å². The summed E-state index contributed by atoms with van der Waals surface area (Å²) in [4.78, 5) is 16.2. The molecular formula is C12H21N3O2S. The number of thioether (sulfide) groups is 1. The van der Waals surface area contributed by atoms with Gasteiger partial charge in [-0.25, -0.2) is 4.98 Å². The van der Waals surface area contributed by atoms with E-state index in [9.17, 15) is 9.90 Å². The molecule has 0 aliphatic carbocycles. The minimum absolute atomic E-state index is 0.0433. The Hall–Kier alpha value is -1.01. The van der Waals surface area contributed by atoms with Crippen molar-refractivity contribution < 1.29 is 14.8 Å². The van der Waals surface area contributed by atoms with Crippen LogP contribution in [0.5, 0.6) is 0 Å². The summed E-state index contributed by atoms with van der Waals surface area (Å²) in [6.45, 7) is 8.70. The Labute approximate surface area is 112 Å². The van der Waals surface area contributed by atoms with Crippen molar-refractivity contribution in [3.63, 3.8) is 0 Å². The molecule has 0 unspecified atom stereocenters. The summed E-state index contributed by atoms with van der Waals surface area (Å²) in [6, 6.07) is 0. The zero-order valence-electron chi connectivity index (χ0n) is 11.0. The van der Waals surface area contributed by atoms with Crippen molar-refractivity contribution in [3.05, 3.63) is 12.4 Å². The number of hydrogen-bond donors (Lipinski definition) is 1. The highest BCUT2D eigenvalue weighted by Gasteiger charge is 2.06. The van der Waals surface area contributed by atoms with Crippen LogP contribution in [0.15, 0.2) is 17.6 Å². The average molecular weight is 271 g/mol. The molecule has 0 radical (unpaired) electrons. The number of nitrogens with zero attached hydrogens (tertiary/aromatic N) is 2. The van der Waals surface area contributed by atoms with Gasteiger partial charge in [0.1, 0.15) is 0 Å². The molecule has 5 nitrogen and oxygen atoms in total. The van der Waals surface area contributed by atoms with E-state index in [1.54, 1.807) is 11.1 Å². The zero-order valence-corrected chi connectivity index (χ0v) is 11.8. The maximum Gasteiger partial charge on any atom is 0.168 e. The second kappa shape index (κ2) is 8.16. The number of nitrogens with one attached hydrogen (secondary N) is 1. The summed E-state index contributed by atoms with van der Waals surface area (Å²) in [5.41, 5.74) is 0. The van der Waals surface area contributed by atoms with Crippen molar-refractivity contribution >= 4 is 17.7 Å². The Bertz CT molecular complexity index is 364. The Balaban J connectivity index is 2.37. The van der Waals surface area contributed by atoms with Gasteiger partial charge < -0.3 is 19.4 Å². The molecule has 0 spiro atoms. The van der Waals surface area contributed by atoms with Crippen molar-refractivity contribution in [2.45, 2.75) is 32.0 Å². The number of imidazole rings is 1. The molecule has 18 heavy (non-hydrogen) atoms.